The van der Waals surface area contributed by atoms with Crippen LogP contribution in [0.2, 0.25) is 0 Å². The zero-order valence-electron chi connectivity index (χ0n) is 9.63. The molecule has 0 aliphatic carbocycles. The van der Waals surface area contributed by atoms with Gasteiger partial charge in [-0.3, -0.25) is 15.0 Å². The Morgan fingerprint density at radius 3 is 2.33 bits per heavy atom. The number of imide groups is 1. The lowest BCUT2D eigenvalue weighted by atomic mass is 10.1. The van der Waals surface area contributed by atoms with E-state index in [0.717, 1.165) is 0 Å². The Hall–Kier alpha value is -1.14. The van der Waals surface area contributed by atoms with E-state index in [2.05, 4.69) is 10.6 Å². The number of nitrogens with one attached hydrogen (secondary N) is 2. The van der Waals surface area contributed by atoms with Crippen LogP contribution >= 0.6 is 0 Å². The second-order valence-electron chi connectivity index (χ2n) is 3.95. The lowest BCUT2D eigenvalue weighted by molar-refractivity contribution is -0.122. The smallest absolute Gasteiger partial charge is 0.321 e. The van der Waals surface area contributed by atoms with Gasteiger partial charge in [-0.05, 0) is 20.9 Å². The van der Waals surface area contributed by atoms with Crippen LogP contribution in [0.15, 0.2) is 0 Å². The van der Waals surface area contributed by atoms with Crippen LogP contribution < -0.4 is 10.6 Å². The number of hydrogen-bond acceptors (Lipinski definition) is 4. The molecule has 0 heterocycles. The fraction of sp³-hybridized carbons (Fsp3) is 0.778. The van der Waals surface area contributed by atoms with Gasteiger partial charge in [0, 0.05) is 12.6 Å². The van der Waals surface area contributed by atoms with Gasteiger partial charge in [0.1, 0.15) is 0 Å². The van der Waals surface area contributed by atoms with Crippen molar-refractivity contribution in [1.82, 2.24) is 15.5 Å². The summed E-state index contributed by atoms with van der Waals surface area (Å²) in [6.07, 6.45) is 0. The summed E-state index contributed by atoms with van der Waals surface area (Å²) in [5.74, 6) is -0.404. The first-order valence-electron chi connectivity index (χ1n) is 4.67. The van der Waals surface area contributed by atoms with Gasteiger partial charge in [0.05, 0.1) is 13.2 Å². The van der Waals surface area contributed by atoms with Gasteiger partial charge in [-0.15, -0.1) is 0 Å². The summed E-state index contributed by atoms with van der Waals surface area (Å²) in [5, 5.41) is 13.5. The molecule has 6 nitrogen and oxygen atoms in total. The quantitative estimate of drug-likeness (QED) is 0.572. The normalized spacial score (nSPS) is 11.3. The van der Waals surface area contributed by atoms with Crippen molar-refractivity contribution in [3.05, 3.63) is 0 Å². The van der Waals surface area contributed by atoms with Crippen LogP contribution in [0.4, 0.5) is 4.79 Å². The number of aliphatic hydroxyl groups is 1. The van der Waals surface area contributed by atoms with Crippen molar-refractivity contribution < 1.29 is 14.7 Å². The van der Waals surface area contributed by atoms with E-state index in [1.165, 1.54) is 7.05 Å². The van der Waals surface area contributed by atoms with E-state index in [-0.39, 0.29) is 13.2 Å². The van der Waals surface area contributed by atoms with Crippen molar-refractivity contribution in [2.45, 2.75) is 19.4 Å². The Kier molecular flexibility index (Phi) is 5.24. The maximum absolute atomic E-state index is 11.3. The molecule has 3 N–H and O–H groups in total. The fourth-order valence-electron chi connectivity index (χ4n) is 0.779. The lowest BCUT2D eigenvalue weighted by Crippen LogP contribution is -2.50. The minimum atomic E-state index is -0.532. The highest BCUT2D eigenvalue weighted by atomic mass is 16.3. The first-order valence-corrected chi connectivity index (χ1v) is 4.67. The van der Waals surface area contributed by atoms with Crippen LogP contribution in [-0.4, -0.2) is 54.7 Å². The van der Waals surface area contributed by atoms with Gasteiger partial charge in [0.15, 0.2) is 0 Å². The molecule has 0 radical (unpaired) electrons. The van der Waals surface area contributed by atoms with Crippen LogP contribution in [0.5, 0.6) is 0 Å². The van der Waals surface area contributed by atoms with E-state index in [0.29, 0.717) is 0 Å². The summed E-state index contributed by atoms with van der Waals surface area (Å²) in [6, 6.07) is -0.532. The molecule has 0 aromatic rings. The number of hydrogen-bond donors (Lipinski definition) is 3. The van der Waals surface area contributed by atoms with Crippen molar-refractivity contribution in [2.75, 3.05) is 27.2 Å². The van der Waals surface area contributed by atoms with Crippen LogP contribution in [0, 0.1) is 0 Å². The zero-order chi connectivity index (χ0) is 12.1. The largest absolute Gasteiger partial charge is 0.394 e. The molecule has 0 aromatic heterocycles. The first kappa shape index (κ1) is 13.9. The lowest BCUT2D eigenvalue weighted by Gasteiger charge is -2.33. The SMILES string of the molecule is CNC(=O)NC(=O)CN(C)C(C)(C)CO. The van der Waals surface area contributed by atoms with E-state index < -0.39 is 17.5 Å². The van der Waals surface area contributed by atoms with Gasteiger partial charge in [-0.25, -0.2) is 4.79 Å². The van der Waals surface area contributed by atoms with Crippen molar-refractivity contribution in [3.8, 4) is 0 Å². The average molecular weight is 217 g/mol. The third kappa shape index (κ3) is 4.75. The third-order valence-electron chi connectivity index (χ3n) is 2.28. The number of likely N-dealkylation sites (N-methyl/N-ethyl adjacent to an activating group) is 1. The maximum Gasteiger partial charge on any atom is 0.321 e. The second kappa shape index (κ2) is 5.67. The summed E-state index contributed by atoms with van der Waals surface area (Å²) in [7, 11) is 3.14. The first-order chi connectivity index (χ1) is 6.83. The highest BCUT2D eigenvalue weighted by Crippen LogP contribution is 2.09. The van der Waals surface area contributed by atoms with Crippen molar-refractivity contribution in [2.24, 2.45) is 0 Å². The minimum absolute atomic E-state index is 0.0565. The molecule has 15 heavy (non-hydrogen) atoms. The van der Waals surface area contributed by atoms with Crippen molar-refractivity contribution in [3.63, 3.8) is 0 Å². The predicted molar refractivity (Wildman–Crippen MR) is 56.4 cm³/mol. The molecule has 0 fully saturated rings. The molecule has 0 unspecified atom stereocenters. The highest BCUT2D eigenvalue weighted by molar-refractivity contribution is 5.95. The van der Waals surface area contributed by atoms with E-state index in [4.69, 9.17) is 5.11 Å². The third-order valence-corrected chi connectivity index (χ3v) is 2.28. The van der Waals surface area contributed by atoms with E-state index in [1.54, 1.807) is 25.8 Å². The molecular weight excluding hydrogens is 198 g/mol. The second-order valence-corrected chi connectivity index (χ2v) is 3.95. The molecule has 0 spiro atoms. The summed E-state index contributed by atoms with van der Waals surface area (Å²) in [6.45, 7) is 3.61. The van der Waals surface area contributed by atoms with Gasteiger partial charge in [-0.2, -0.15) is 0 Å². The Morgan fingerprint density at radius 2 is 1.93 bits per heavy atom. The molecule has 0 aromatic carbocycles. The Bertz CT molecular complexity index is 241. The molecular formula is C9H19N3O3. The number of nitrogens with zero attached hydrogens (tertiary/aromatic N) is 1. The van der Waals surface area contributed by atoms with E-state index in [1.807, 2.05) is 0 Å². The number of aliphatic hydroxyl groups excluding tert-OH is 1. The monoisotopic (exact) mass is 217 g/mol. The Labute approximate surface area is 89.6 Å². The molecule has 0 aliphatic rings. The number of carbonyl (C=O) groups excluding carboxylic acids is 2. The number of urea groups is 1. The van der Waals surface area contributed by atoms with Crippen molar-refractivity contribution >= 4 is 11.9 Å². The Balaban J connectivity index is 4.13. The van der Waals surface area contributed by atoms with Gasteiger partial charge in [0.2, 0.25) is 5.91 Å². The molecule has 0 rings (SSSR count). The van der Waals surface area contributed by atoms with Gasteiger partial charge >= 0.3 is 6.03 Å². The molecule has 0 atom stereocenters. The van der Waals surface area contributed by atoms with Crippen LogP contribution in [0.3, 0.4) is 0 Å². The average Bonchev–Trinajstić information content (AvgIpc) is 2.17. The zero-order valence-corrected chi connectivity index (χ0v) is 9.63. The standard InChI is InChI=1S/C9H19N3O3/c1-9(2,6-13)12(4)5-7(14)11-8(15)10-3/h13H,5-6H2,1-4H3,(H2,10,11,14,15). The number of amides is 3. The predicted octanol–water partition coefficient (Wildman–Crippen LogP) is -0.855. The van der Waals surface area contributed by atoms with Crippen molar-refractivity contribution in [1.29, 1.82) is 0 Å². The van der Waals surface area contributed by atoms with Crippen LogP contribution in [-0.2, 0) is 4.79 Å². The minimum Gasteiger partial charge on any atom is -0.394 e. The molecule has 0 saturated heterocycles. The Morgan fingerprint density at radius 1 is 1.40 bits per heavy atom. The van der Waals surface area contributed by atoms with Gasteiger partial charge in [0.25, 0.3) is 0 Å². The number of rotatable bonds is 4. The fourth-order valence-corrected chi connectivity index (χ4v) is 0.779. The molecule has 0 saturated carbocycles. The van der Waals surface area contributed by atoms with E-state index in [9.17, 15) is 9.59 Å². The topological polar surface area (TPSA) is 81.7 Å². The summed E-state index contributed by atoms with van der Waals surface area (Å²) in [4.78, 5) is 23.8. The summed E-state index contributed by atoms with van der Waals surface area (Å²) in [5.41, 5.74) is -0.486. The molecule has 0 bridgehead atoms. The molecule has 88 valence electrons. The van der Waals surface area contributed by atoms with E-state index >= 15 is 0 Å². The number of carbonyl (C=O) groups is 2. The molecule has 3 amide bonds. The molecule has 0 aliphatic heterocycles. The highest BCUT2D eigenvalue weighted by Gasteiger charge is 2.24. The molecule has 6 heteroatoms. The summed E-state index contributed by atoms with van der Waals surface area (Å²) < 4.78 is 0. The maximum atomic E-state index is 11.3. The van der Waals surface area contributed by atoms with Gasteiger partial charge < -0.3 is 10.4 Å². The van der Waals surface area contributed by atoms with Crippen LogP contribution in [0.25, 0.3) is 0 Å². The van der Waals surface area contributed by atoms with Gasteiger partial charge in [-0.1, -0.05) is 0 Å². The summed E-state index contributed by atoms with van der Waals surface area (Å²) >= 11 is 0. The van der Waals surface area contributed by atoms with Crippen LogP contribution in [0.1, 0.15) is 13.8 Å².